The molecule has 0 N–H and O–H groups in total. The van der Waals surface area contributed by atoms with Crippen molar-refractivity contribution in [3.05, 3.63) is 94.0 Å². The van der Waals surface area contributed by atoms with E-state index in [0.29, 0.717) is 18.8 Å². The van der Waals surface area contributed by atoms with Crippen molar-refractivity contribution >= 4 is 5.78 Å². The Labute approximate surface area is 196 Å². The molecule has 0 amide bonds. The number of fused-ring (bicyclic) bond motifs is 3. The molecule has 0 bridgehead atoms. The van der Waals surface area contributed by atoms with Crippen LogP contribution in [0.4, 0.5) is 0 Å². The molecule has 1 fully saturated rings. The molecule has 0 radical (unpaired) electrons. The van der Waals surface area contributed by atoms with Gasteiger partial charge in [0.05, 0.1) is 13.0 Å². The maximum Gasteiger partial charge on any atom is 0.161 e. The first-order chi connectivity index (χ1) is 16.0. The fourth-order valence-electron chi connectivity index (χ4n) is 5.30. The number of nitrogens with zero attached hydrogens (tertiary/aromatic N) is 1. The summed E-state index contributed by atoms with van der Waals surface area (Å²) >= 11 is 0. The van der Waals surface area contributed by atoms with E-state index in [4.69, 9.17) is 9.47 Å². The zero-order chi connectivity index (χ0) is 22.9. The summed E-state index contributed by atoms with van der Waals surface area (Å²) in [4.78, 5) is 15.8. The third kappa shape index (κ3) is 4.28. The minimum absolute atomic E-state index is 0.0434. The van der Waals surface area contributed by atoms with E-state index in [2.05, 4.69) is 61.2 Å². The van der Waals surface area contributed by atoms with Gasteiger partial charge < -0.3 is 9.47 Å². The number of benzene rings is 3. The molecule has 0 aromatic heterocycles. The SMILES string of the molecule is COc1cc2c(cc1OCc1ccccc1)CCN1C[C@@H](c3cc(C)ccc3C)C(=O)C[C@H]21. The van der Waals surface area contributed by atoms with E-state index in [9.17, 15) is 4.79 Å². The molecule has 1 saturated heterocycles. The lowest BCUT2D eigenvalue weighted by atomic mass is 9.79. The highest BCUT2D eigenvalue weighted by Crippen LogP contribution is 2.44. The van der Waals surface area contributed by atoms with Crippen molar-refractivity contribution < 1.29 is 14.3 Å². The lowest BCUT2D eigenvalue weighted by Gasteiger charge is -2.43. The number of hydrogen-bond donors (Lipinski definition) is 0. The van der Waals surface area contributed by atoms with E-state index in [-0.39, 0.29) is 12.0 Å². The molecule has 2 aliphatic rings. The summed E-state index contributed by atoms with van der Waals surface area (Å²) < 4.78 is 11.8. The van der Waals surface area contributed by atoms with E-state index in [1.165, 1.54) is 27.8 Å². The van der Waals surface area contributed by atoms with Crippen molar-refractivity contribution in [2.75, 3.05) is 20.2 Å². The average molecular weight is 442 g/mol. The number of carbonyl (C=O) groups excluding carboxylic acids is 1. The second-order valence-corrected chi connectivity index (χ2v) is 9.32. The van der Waals surface area contributed by atoms with E-state index >= 15 is 0 Å². The van der Waals surface area contributed by atoms with Crippen LogP contribution in [0, 0.1) is 13.8 Å². The molecule has 0 saturated carbocycles. The Morgan fingerprint density at radius 1 is 0.970 bits per heavy atom. The zero-order valence-electron chi connectivity index (χ0n) is 19.6. The minimum atomic E-state index is -0.0434. The fraction of sp³-hybridized carbons (Fsp3) is 0.345. The normalized spacial score (nSPS) is 20.2. The number of methoxy groups -OCH3 is 1. The van der Waals surface area contributed by atoms with E-state index in [1.54, 1.807) is 7.11 Å². The first-order valence-corrected chi connectivity index (χ1v) is 11.7. The predicted octanol–water partition coefficient (Wildman–Crippen LogP) is 5.55. The summed E-state index contributed by atoms with van der Waals surface area (Å²) in [7, 11) is 1.68. The summed E-state index contributed by atoms with van der Waals surface area (Å²) in [6, 6.07) is 20.9. The monoisotopic (exact) mass is 441 g/mol. The van der Waals surface area contributed by atoms with Gasteiger partial charge in [0.1, 0.15) is 12.4 Å². The number of aryl methyl sites for hydroxylation is 2. The Bertz CT molecular complexity index is 1170. The average Bonchev–Trinajstić information content (AvgIpc) is 2.84. The minimum Gasteiger partial charge on any atom is -0.493 e. The first kappa shape index (κ1) is 21.7. The van der Waals surface area contributed by atoms with Crippen LogP contribution in [0.5, 0.6) is 11.5 Å². The van der Waals surface area contributed by atoms with Crippen LogP contribution < -0.4 is 9.47 Å². The van der Waals surface area contributed by atoms with Gasteiger partial charge in [-0.25, -0.2) is 0 Å². The van der Waals surface area contributed by atoms with Crippen molar-refractivity contribution in [2.45, 2.75) is 45.3 Å². The van der Waals surface area contributed by atoms with E-state index < -0.39 is 0 Å². The summed E-state index contributed by atoms with van der Waals surface area (Å²) in [5, 5.41) is 0. The molecule has 2 aliphatic heterocycles. The molecule has 0 spiro atoms. The van der Waals surface area contributed by atoms with Crippen molar-refractivity contribution in [3.8, 4) is 11.5 Å². The third-order valence-electron chi connectivity index (χ3n) is 7.14. The van der Waals surface area contributed by atoms with Crippen LogP contribution in [-0.4, -0.2) is 30.9 Å². The molecule has 3 aromatic rings. The third-order valence-corrected chi connectivity index (χ3v) is 7.14. The van der Waals surface area contributed by atoms with Gasteiger partial charge >= 0.3 is 0 Å². The molecule has 0 aliphatic carbocycles. The van der Waals surface area contributed by atoms with Crippen LogP contribution >= 0.6 is 0 Å². The molecule has 5 rings (SSSR count). The molecule has 33 heavy (non-hydrogen) atoms. The topological polar surface area (TPSA) is 38.8 Å². The Balaban J connectivity index is 1.39. The van der Waals surface area contributed by atoms with Crippen LogP contribution in [0.25, 0.3) is 0 Å². The first-order valence-electron chi connectivity index (χ1n) is 11.7. The number of ether oxygens (including phenoxy) is 2. The van der Waals surface area contributed by atoms with E-state index in [0.717, 1.165) is 36.6 Å². The van der Waals surface area contributed by atoms with Crippen LogP contribution in [-0.2, 0) is 17.8 Å². The van der Waals surface area contributed by atoms with E-state index in [1.807, 2.05) is 18.2 Å². The van der Waals surface area contributed by atoms with Crippen LogP contribution in [0.15, 0.2) is 60.7 Å². The van der Waals surface area contributed by atoms with Gasteiger partial charge in [0.15, 0.2) is 11.5 Å². The molecule has 2 atom stereocenters. The van der Waals surface area contributed by atoms with Gasteiger partial charge in [-0.1, -0.05) is 54.1 Å². The van der Waals surface area contributed by atoms with Gasteiger partial charge in [0.2, 0.25) is 0 Å². The number of rotatable bonds is 5. The number of ketones is 1. The molecule has 4 nitrogen and oxygen atoms in total. The van der Waals surface area contributed by atoms with Gasteiger partial charge in [0.25, 0.3) is 0 Å². The highest BCUT2D eigenvalue weighted by atomic mass is 16.5. The van der Waals surface area contributed by atoms with Crippen LogP contribution in [0.1, 0.15) is 51.8 Å². The zero-order valence-corrected chi connectivity index (χ0v) is 19.6. The Kier molecular flexibility index (Phi) is 5.94. The second kappa shape index (κ2) is 9.03. The molecule has 0 unspecified atom stereocenters. The Morgan fingerprint density at radius 3 is 2.58 bits per heavy atom. The molecular formula is C29H31NO3. The number of carbonyl (C=O) groups is 1. The lowest BCUT2D eigenvalue weighted by Crippen LogP contribution is -2.45. The molecule has 3 aromatic carbocycles. The molecular weight excluding hydrogens is 410 g/mol. The fourth-order valence-corrected chi connectivity index (χ4v) is 5.30. The van der Waals surface area contributed by atoms with Gasteiger partial charge in [-0.05, 0) is 60.2 Å². The van der Waals surface area contributed by atoms with Crippen molar-refractivity contribution in [1.82, 2.24) is 4.90 Å². The van der Waals surface area contributed by atoms with Crippen molar-refractivity contribution in [3.63, 3.8) is 0 Å². The second-order valence-electron chi connectivity index (χ2n) is 9.32. The molecule has 4 heteroatoms. The number of piperidine rings is 1. The largest absolute Gasteiger partial charge is 0.493 e. The Morgan fingerprint density at radius 2 is 1.79 bits per heavy atom. The smallest absolute Gasteiger partial charge is 0.161 e. The molecule has 170 valence electrons. The summed E-state index contributed by atoms with van der Waals surface area (Å²) in [6.45, 7) is 6.45. The highest BCUT2D eigenvalue weighted by molar-refractivity contribution is 5.88. The highest BCUT2D eigenvalue weighted by Gasteiger charge is 2.39. The van der Waals surface area contributed by atoms with Gasteiger partial charge in [-0.3, -0.25) is 9.69 Å². The quantitative estimate of drug-likeness (QED) is 0.521. The maximum atomic E-state index is 13.3. The van der Waals surface area contributed by atoms with Crippen molar-refractivity contribution in [1.29, 1.82) is 0 Å². The lowest BCUT2D eigenvalue weighted by molar-refractivity contribution is -0.125. The van der Waals surface area contributed by atoms with Crippen LogP contribution in [0.2, 0.25) is 0 Å². The van der Waals surface area contributed by atoms with Gasteiger partial charge in [0, 0.05) is 25.6 Å². The van der Waals surface area contributed by atoms with Gasteiger partial charge in [-0.2, -0.15) is 0 Å². The summed E-state index contributed by atoms with van der Waals surface area (Å²) in [5.74, 6) is 1.79. The maximum absolute atomic E-state index is 13.3. The van der Waals surface area contributed by atoms with Gasteiger partial charge in [-0.15, -0.1) is 0 Å². The molecule has 2 heterocycles. The Hall–Kier alpha value is -3.11. The van der Waals surface area contributed by atoms with Crippen LogP contribution in [0.3, 0.4) is 0 Å². The number of Topliss-reactive ketones (excluding diaryl/α,β-unsaturated/α-hetero) is 1. The summed E-state index contributed by atoms with van der Waals surface area (Å²) in [5.41, 5.74) is 7.19. The standard InChI is InChI=1S/C29H31NO3/c1-19-9-10-20(2)23(13-19)25-17-30-12-11-22-14-29(33-18-21-7-5-4-6-8-21)28(32-3)15-24(22)26(30)16-27(25)31/h4-10,13-15,25-26H,11-12,16-18H2,1-3H3/t25-,26+/m0/s1. The number of hydrogen-bond acceptors (Lipinski definition) is 4. The summed E-state index contributed by atoms with van der Waals surface area (Å²) in [6.07, 6.45) is 1.49. The predicted molar refractivity (Wildman–Crippen MR) is 130 cm³/mol. The van der Waals surface area contributed by atoms with Crippen molar-refractivity contribution in [2.24, 2.45) is 0 Å².